The van der Waals surface area contributed by atoms with E-state index in [1.54, 1.807) is 19.2 Å². The van der Waals surface area contributed by atoms with Crippen molar-refractivity contribution in [3.63, 3.8) is 0 Å². The van der Waals surface area contributed by atoms with E-state index in [9.17, 15) is 4.79 Å². The highest BCUT2D eigenvalue weighted by atomic mass is 35.5. The lowest BCUT2D eigenvalue weighted by Crippen LogP contribution is -2.23. The number of amides is 1. The Morgan fingerprint density at radius 2 is 1.79 bits per heavy atom. The second-order valence-corrected chi connectivity index (χ2v) is 6.37. The Bertz CT molecular complexity index is 877. The minimum atomic E-state index is -0.166. The highest BCUT2D eigenvalue weighted by Crippen LogP contribution is 2.32. The van der Waals surface area contributed by atoms with Crippen molar-refractivity contribution in [1.29, 1.82) is 0 Å². The number of aromatic nitrogens is 2. The van der Waals surface area contributed by atoms with Crippen LogP contribution in [0, 0.1) is 0 Å². The maximum Gasteiger partial charge on any atom is 0.252 e. The molecule has 3 aromatic rings. The molecular weight excluding hydrogens is 342 g/mol. The molecule has 1 amide bonds. The van der Waals surface area contributed by atoms with Crippen LogP contribution < -0.4 is 4.90 Å². The Hall–Kier alpha value is -2.50. The summed E-state index contributed by atoms with van der Waals surface area (Å²) in [6, 6.07) is 17.1. The van der Waals surface area contributed by atoms with Gasteiger partial charge in [-0.2, -0.15) is 0 Å². The van der Waals surface area contributed by atoms with Gasteiger partial charge in [0.15, 0.2) is 5.01 Å². The van der Waals surface area contributed by atoms with Crippen LogP contribution >= 0.6 is 22.9 Å². The first-order chi connectivity index (χ1) is 11.6. The molecule has 0 fully saturated rings. The third-order valence-electron chi connectivity index (χ3n) is 3.35. The van der Waals surface area contributed by atoms with Gasteiger partial charge in [0.1, 0.15) is 0 Å². The van der Waals surface area contributed by atoms with Gasteiger partial charge in [-0.15, -0.1) is 10.2 Å². The average molecular weight is 356 g/mol. The molecule has 3 rings (SSSR count). The topological polar surface area (TPSA) is 46.1 Å². The molecule has 4 nitrogen and oxygen atoms in total. The van der Waals surface area contributed by atoms with E-state index in [1.807, 2.05) is 48.5 Å². The highest BCUT2D eigenvalue weighted by Gasteiger charge is 2.15. The minimum Gasteiger partial charge on any atom is -0.286 e. The largest absolute Gasteiger partial charge is 0.286 e. The van der Waals surface area contributed by atoms with Gasteiger partial charge in [0.05, 0.1) is 5.02 Å². The Morgan fingerprint density at radius 1 is 1.08 bits per heavy atom. The molecule has 0 N–H and O–H groups in total. The van der Waals surface area contributed by atoms with Crippen molar-refractivity contribution in [3.05, 3.63) is 71.3 Å². The van der Waals surface area contributed by atoms with Gasteiger partial charge in [-0.1, -0.05) is 71.5 Å². The summed E-state index contributed by atoms with van der Waals surface area (Å²) in [6.45, 7) is 0. The van der Waals surface area contributed by atoms with E-state index < -0.39 is 0 Å². The molecule has 0 bridgehead atoms. The van der Waals surface area contributed by atoms with E-state index in [4.69, 9.17) is 11.6 Å². The van der Waals surface area contributed by atoms with Crippen molar-refractivity contribution in [2.45, 2.75) is 0 Å². The van der Waals surface area contributed by atoms with Crippen LogP contribution in [0.1, 0.15) is 5.56 Å². The van der Waals surface area contributed by atoms with Crippen LogP contribution in [0.25, 0.3) is 16.6 Å². The van der Waals surface area contributed by atoms with E-state index in [0.717, 1.165) is 11.1 Å². The number of anilines is 1. The fourth-order valence-corrected chi connectivity index (χ4v) is 3.16. The number of carbonyl (C=O) groups is 1. The predicted molar refractivity (Wildman–Crippen MR) is 99.2 cm³/mol. The third-order valence-corrected chi connectivity index (χ3v) is 4.72. The molecule has 1 aromatic heterocycles. The Balaban J connectivity index is 1.76. The van der Waals surface area contributed by atoms with E-state index in [-0.39, 0.29) is 5.91 Å². The van der Waals surface area contributed by atoms with Gasteiger partial charge in [-0.05, 0) is 17.7 Å². The molecule has 0 atom stereocenters. The molecular formula is C18H14ClN3OS. The second kappa shape index (κ2) is 7.38. The minimum absolute atomic E-state index is 0.166. The van der Waals surface area contributed by atoms with Crippen molar-refractivity contribution in [3.8, 4) is 10.6 Å². The Kier molecular flexibility index (Phi) is 5.03. The number of nitrogens with zero attached hydrogens (tertiary/aromatic N) is 3. The highest BCUT2D eigenvalue weighted by molar-refractivity contribution is 7.18. The van der Waals surface area contributed by atoms with Crippen molar-refractivity contribution < 1.29 is 4.79 Å². The molecule has 0 radical (unpaired) electrons. The van der Waals surface area contributed by atoms with Gasteiger partial charge in [0, 0.05) is 18.7 Å². The van der Waals surface area contributed by atoms with Gasteiger partial charge in [0.25, 0.3) is 5.91 Å². The Labute approximate surface area is 149 Å². The summed E-state index contributed by atoms with van der Waals surface area (Å²) in [7, 11) is 1.68. The van der Waals surface area contributed by atoms with Crippen LogP contribution in [0.5, 0.6) is 0 Å². The molecule has 0 aliphatic heterocycles. The summed E-state index contributed by atoms with van der Waals surface area (Å²) in [5, 5.41) is 10.0. The number of halogens is 1. The van der Waals surface area contributed by atoms with Gasteiger partial charge >= 0.3 is 0 Å². The van der Waals surface area contributed by atoms with Gasteiger partial charge in [0.2, 0.25) is 5.13 Å². The van der Waals surface area contributed by atoms with E-state index >= 15 is 0 Å². The standard InChI is InChI=1S/C18H14ClN3OS/c1-22(16(23)12-11-13-7-3-2-4-8-13)18-21-20-17(24-18)14-9-5-6-10-15(14)19/h2-12H,1H3/b12-11+. The van der Waals surface area contributed by atoms with Crippen molar-refractivity contribution in [2.24, 2.45) is 0 Å². The lowest BCUT2D eigenvalue weighted by Gasteiger charge is -2.09. The molecule has 0 saturated carbocycles. The van der Waals surface area contributed by atoms with Crippen LogP contribution in [0.3, 0.4) is 0 Å². The zero-order chi connectivity index (χ0) is 16.9. The maximum absolute atomic E-state index is 12.3. The molecule has 0 saturated heterocycles. The summed E-state index contributed by atoms with van der Waals surface area (Å²) < 4.78 is 0. The molecule has 1 heterocycles. The zero-order valence-electron chi connectivity index (χ0n) is 12.9. The number of hydrogen-bond acceptors (Lipinski definition) is 4. The lowest BCUT2D eigenvalue weighted by molar-refractivity contribution is -0.113. The smallest absolute Gasteiger partial charge is 0.252 e. The summed E-state index contributed by atoms with van der Waals surface area (Å²) in [5.41, 5.74) is 1.77. The number of benzene rings is 2. The molecule has 0 aliphatic carbocycles. The third kappa shape index (κ3) is 3.69. The number of likely N-dealkylation sites (N-methyl/N-ethyl adjacent to an activating group) is 1. The first kappa shape index (κ1) is 16.4. The van der Waals surface area contributed by atoms with Crippen LogP contribution in [-0.2, 0) is 4.79 Å². The van der Waals surface area contributed by atoms with Crippen molar-refractivity contribution in [1.82, 2.24) is 10.2 Å². The number of rotatable bonds is 4. The Morgan fingerprint density at radius 3 is 2.54 bits per heavy atom. The number of carbonyl (C=O) groups excluding carboxylic acids is 1. The molecule has 120 valence electrons. The summed E-state index contributed by atoms with van der Waals surface area (Å²) in [4.78, 5) is 13.8. The van der Waals surface area contributed by atoms with E-state index in [1.165, 1.54) is 22.3 Å². The molecule has 0 unspecified atom stereocenters. The van der Waals surface area contributed by atoms with Crippen LogP contribution in [0.2, 0.25) is 5.02 Å². The lowest BCUT2D eigenvalue weighted by atomic mass is 10.2. The normalized spacial score (nSPS) is 10.9. The monoisotopic (exact) mass is 355 g/mol. The predicted octanol–water partition coefficient (Wildman–Crippen LogP) is 4.53. The second-order valence-electron chi connectivity index (χ2n) is 5.01. The van der Waals surface area contributed by atoms with Gasteiger partial charge in [-0.3, -0.25) is 9.69 Å². The van der Waals surface area contributed by atoms with Gasteiger partial charge in [-0.25, -0.2) is 0 Å². The first-order valence-electron chi connectivity index (χ1n) is 7.24. The molecule has 2 aromatic carbocycles. The first-order valence-corrected chi connectivity index (χ1v) is 8.44. The van der Waals surface area contributed by atoms with Gasteiger partial charge < -0.3 is 0 Å². The fourth-order valence-electron chi connectivity index (χ4n) is 2.03. The molecule has 6 heteroatoms. The molecule has 0 spiro atoms. The average Bonchev–Trinajstić information content (AvgIpc) is 3.10. The SMILES string of the molecule is CN(C(=O)/C=C/c1ccccc1)c1nnc(-c2ccccc2Cl)s1. The summed E-state index contributed by atoms with van der Waals surface area (Å²) >= 11 is 7.50. The van der Waals surface area contributed by atoms with Crippen LogP contribution in [-0.4, -0.2) is 23.2 Å². The number of hydrogen-bond donors (Lipinski definition) is 0. The van der Waals surface area contributed by atoms with Crippen molar-refractivity contribution in [2.75, 3.05) is 11.9 Å². The quantitative estimate of drug-likeness (QED) is 0.646. The van der Waals surface area contributed by atoms with E-state index in [0.29, 0.717) is 15.2 Å². The molecule has 0 aliphatic rings. The maximum atomic E-state index is 12.3. The van der Waals surface area contributed by atoms with E-state index in [2.05, 4.69) is 10.2 Å². The summed E-state index contributed by atoms with van der Waals surface area (Å²) in [6.07, 6.45) is 3.29. The summed E-state index contributed by atoms with van der Waals surface area (Å²) in [5.74, 6) is -0.166. The molecule has 24 heavy (non-hydrogen) atoms. The van der Waals surface area contributed by atoms with Crippen molar-refractivity contribution >= 4 is 40.1 Å². The van der Waals surface area contributed by atoms with Crippen LogP contribution in [0.4, 0.5) is 5.13 Å². The van der Waals surface area contributed by atoms with Crippen LogP contribution in [0.15, 0.2) is 60.7 Å². The zero-order valence-corrected chi connectivity index (χ0v) is 14.5. The fraction of sp³-hybridized carbons (Fsp3) is 0.0556.